The third-order valence-electron chi connectivity index (χ3n) is 3.03. The van der Waals surface area contributed by atoms with Crippen LogP contribution in [0.3, 0.4) is 0 Å². The average molecular weight is 276 g/mol. The van der Waals surface area contributed by atoms with Crippen LogP contribution in [0.1, 0.15) is 22.8 Å². The number of hydrogen-bond donors (Lipinski definition) is 0. The van der Waals surface area contributed by atoms with Crippen LogP contribution in [0.15, 0.2) is 40.1 Å². The predicted octanol–water partition coefficient (Wildman–Crippen LogP) is 0.937. The maximum atomic E-state index is 13.6. The van der Waals surface area contributed by atoms with E-state index in [0.29, 0.717) is 5.56 Å². The first kappa shape index (κ1) is 13.9. The van der Waals surface area contributed by atoms with Crippen LogP contribution in [-0.2, 0) is 13.6 Å². The van der Waals surface area contributed by atoms with Crippen LogP contribution in [-0.4, -0.2) is 14.9 Å². The number of nitrogens with zero attached hydrogens (tertiary/aromatic N) is 2. The fourth-order valence-corrected chi connectivity index (χ4v) is 1.89. The number of hydrogen-bond acceptors (Lipinski definition) is 3. The number of ketones is 1. The van der Waals surface area contributed by atoms with Crippen LogP contribution in [0.25, 0.3) is 0 Å². The van der Waals surface area contributed by atoms with Gasteiger partial charge >= 0.3 is 5.69 Å². The third kappa shape index (κ3) is 2.45. The highest BCUT2D eigenvalue weighted by Crippen LogP contribution is 2.07. The highest BCUT2D eigenvalue weighted by Gasteiger charge is 2.13. The van der Waals surface area contributed by atoms with Gasteiger partial charge in [-0.2, -0.15) is 0 Å². The second kappa shape index (κ2) is 5.24. The topological polar surface area (TPSA) is 61.1 Å². The smallest absolute Gasteiger partial charge is 0.295 e. The Hall–Kier alpha value is -2.50. The monoisotopic (exact) mass is 276 g/mol. The second-order valence-electron chi connectivity index (χ2n) is 4.47. The molecule has 1 aromatic carbocycles. The summed E-state index contributed by atoms with van der Waals surface area (Å²) in [6.45, 7) is 1.20. The van der Waals surface area contributed by atoms with E-state index >= 15 is 0 Å². The summed E-state index contributed by atoms with van der Waals surface area (Å²) in [6, 6.07) is 6.02. The Morgan fingerprint density at radius 3 is 2.50 bits per heavy atom. The first-order valence-electron chi connectivity index (χ1n) is 5.96. The van der Waals surface area contributed by atoms with E-state index in [9.17, 15) is 18.8 Å². The molecular weight excluding hydrogens is 263 g/mol. The number of carbonyl (C=O) groups is 1. The van der Waals surface area contributed by atoms with Crippen LogP contribution < -0.4 is 11.2 Å². The first-order chi connectivity index (χ1) is 9.41. The standard InChI is InChI=1S/C14H13FN2O3/c1-9(18)11-8-17(14(20)16(2)13(11)19)7-10-5-3-4-6-12(10)15/h3-6,8H,7H2,1-2H3. The molecule has 0 bridgehead atoms. The van der Waals surface area contributed by atoms with E-state index in [4.69, 9.17) is 0 Å². The molecular formula is C14H13FN2O3. The summed E-state index contributed by atoms with van der Waals surface area (Å²) in [4.78, 5) is 35.1. The Morgan fingerprint density at radius 1 is 1.25 bits per heavy atom. The quantitative estimate of drug-likeness (QED) is 0.784. The summed E-state index contributed by atoms with van der Waals surface area (Å²) in [6.07, 6.45) is 1.18. The first-order valence-corrected chi connectivity index (χ1v) is 5.96. The molecule has 0 N–H and O–H groups in total. The van der Waals surface area contributed by atoms with Crippen LogP contribution >= 0.6 is 0 Å². The zero-order chi connectivity index (χ0) is 14.9. The lowest BCUT2D eigenvalue weighted by molar-refractivity contribution is 0.101. The van der Waals surface area contributed by atoms with Crippen LogP contribution in [0.4, 0.5) is 4.39 Å². The fraction of sp³-hybridized carbons (Fsp3) is 0.214. The molecule has 6 heteroatoms. The molecule has 0 aliphatic carbocycles. The number of halogens is 1. The maximum absolute atomic E-state index is 13.6. The van der Waals surface area contributed by atoms with E-state index in [-0.39, 0.29) is 12.1 Å². The zero-order valence-corrected chi connectivity index (χ0v) is 11.1. The molecule has 2 aromatic rings. The average Bonchev–Trinajstić information content (AvgIpc) is 2.41. The molecule has 5 nitrogen and oxygen atoms in total. The number of carbonyl (C=O) groups excluding carboxylic acids is 1. The molecule has 0 unspecified atom stereocenters. The Kier molecular flexibility index (Phi) is 3.65. The highest BCUT2D eigenvalue weighted by molar-refractivity contribution is 5.93. The lowest BCUT2D eigenvalue weighted by Gasteiger charge is -2.10. The Bertz CT molecular complexity index is 790. The van der Waals surface area contributed by atoms with Crippen molar-refractivity contribution in [1.29, 1.82) is 0 Å². The van der Waals surface area contributed by atoms with E-state index < -0.39 is 22.8 Å². The molecule has 20 heavy (non-hydrogen) atoms. The zero-order valence-electron chi connectivity index (χ0n) is 11.1. The summed E-state index contributed by atoms with van der Waals surface area (Å²) >= 11 is 0. The lowest BCUT2D eigenvalue weighted by atomic mass is 10.2. The maximum Gasteiger partial charge on any atom is 0.331 e. The molecule has 0 aliphatic heterocycles. The molecule has 0 fully saturated rings. The molecule has 1 heterocycles. The van der Waals surface area contributed by atoms with E-state index in [1.807, 2.05) is 0 Å². The van der Waals surface area contributed by atoms with Gasteiger partial charge in [0.25, 0.3) is 5.56 Å². The minimum absolute atomic E-state index is 0.0418. The molecule has 0 radical (unpaired) electrons. The largest absolute Gasteiger partial charge is 0.331 e. The van der Waals surface area contributed by atoms with Crippen LogP contribution in [0, 0.1) is 5.82 Å². The molecule has 1 aromatic heterocycles. The van der Waals surface area contributed by atoms with Gasteiger partial charge in [0.2, 0.25) is 0 Å². The summed E-state index contributed by atoms with van der Waals surface area (Å²) in [5, 5.41) is 0. The Morgan fingerprint density at radius 2 is 1.90 bits per heavy atom. The number of Topliss-reactive ketones (excluding diaryl/α,β-unsaturated/α-hetero) is 1. The van der Waals surface area contributed by atoms with Crippen molar-refractivity contribution >= 4 is 5.78 Å². The molecule has 0 atom stereocenters. The van der Waals surface area contributed by atoms with Crippen LogP contribution in [0.5, 0.6) is 0 Å². The summed E-state index contributed by atoms with van der Waals surface area (Å²) in [5.74, 6) is -0.884. The fourth-order valence-electron chi connectivity index (χ4n) is 1.89. The van der Waals surface area contributed by atoms with Gasteiger partial charge in [-0.1, -0.05) is 18.2 Å². The minimum Gasteiger partial charge on any atom is -0.295 e. The van der Waals surface area contributed by atoms with Gasteiger partial charge in [-0.15, -0.1) is 0 Å². The Labute approximate surface area is 113 Å². The van der Waals surface area contributed by atoms with Gasteiger partial charge in [0.05, 0.1) is 12.1 Å². The van der Waals surface area contributed by atoms with E-state index in [2.05, 4.69) is 0 Å². The normalized spacial score (nSPS) is 10.6. The predicted molar refractivity (Wildman–Crippen MR) is 71.4 cm³/mol. The summed E-state index contributed by atoms with van der Waals surface area (Å²) in [7, 11) is 1.29. The lowest BCUT2D eigenvalue weighted by Crippen LogP contribution is -2.40. The van der Waals surface area contributed by atoms with E-state index in [1.165, 1.54) is 26.2 Å². The van der Waals surface area contributed by atoms with Crippen molar-refractivity contribution in [1.82, 2.24) is 9.13 Å². The van der Waals surface area contributed by atoms with Gasteiger partial charge in [0.1, 0.15) is 5.82 Å². The van der Waals surface area contributed by atoms with Crippen molar-refractivity contribution in [2.45, 2.75) is 13.5 Å². The van der Waals surface area contributed by atoms with Gasteiger partial charge in [0.15, 0.2) is 5.78 Å². The summed E-state index contributed by atoms with van der Waals surface area (Å²) in [5.41, 5.74) is -1.03. The van der Waals surface area contributed by atoms with Gasteiger partial charge in [-0.05, 0) is 13.0 Å². The van der Waals surface area contributed by atoms with Crippen molar-refractivity contribution < 1.29 is 9.18 Å². The van der Waals surface area contributed by atoms with Crippen molar-refractivity contribution in [3.63, 3.8) is 0 Å². The third-order valence-corrected chi connectivity index (χ3v) is 3.03. The second-order valence-corrected chi connectivity index (χ2v) is 4.47. The molecule has 0 saturated carbocycles. The molecule has 0 aliphatic rings. The SMILES string of the molecule is CC(=O)c1cn(Cc2ccccc2F)c(=O)n(C)c1=O. The molecule has 0 saturated heterocycles. The van der Waals surface area contributed by atoms with Crippen LogP contribution in [0.2, 0.25) is 0 Å². The molecule has 0 amide bonds. The number of rotatable bonds is 3. The van der Waals surface area contributed by atoms with Gasteiger partial charge in [-0.3, -0.25) is 18.7 Å². The van der Waals surface area contributed by atoms with E-state index in [1.54, 1.807) is 18.2 Å². The Balaban J connectivity index is 2.59. The molecule has 104 valence electrons. The van der Waals surface area contributed by atoms with Gasteiger partial charge in [-0.25, -0.2) is 9.18 Å². The number of benzene rings is 1. The summed E-state index contributed by atoms with van der Waals surface area (Å²) < 4.78 is 15.6. The number of aromatic nitrogens is 2. The highest BCUT2D eigenvalue weighted by atomic mass is 19.1. The molecule has 2 rings (SSSR count). The van der Waals surface area contributed by atoms with Crippen molar-refractivity contribution in [3.05, 3.63) is 68.2 Å². The van der Waals surface area contributed by atoms with Crippen molar-refractivity contribution in [2.24, 2.45) is 7.05 Å². The van der Waals surface area contributed by atoms with Gasteiger partial charge in [0, 0.05) is 18.8 Å². The minimum atomic E-state index is -0.646. The van der Waals surface area contributed by atoms with Crippen molar-refractivity contribution in [2.75, 3.05) is 0 Å². The van der Waals surface area contributed by atoms with E-state index in [0.717, 1.165) is 9.13 Å². The van der Waals surface area contributed by atoms with Gasteiger partial charge < -0.3 is 0 Å². The molecule has 0 spiro atoms. The van der Waals surface area contributed by atoms with Crippen molar-refractivity contribution in [3.8, 4) is 0 Å².